The number of anilines is 1. The minimum absolute atomic E-state index is 0.0510. The smallest absolute Gasteiger partial charge is 0.240 e. The van der Waals surface area contributed by atoms with Crippen molar-refractivity contribution in [2.45, 2.75) is 25.2 Å². The first kappa shape index (κ1) is 20.7. The van der Waals surface area contributed by atoms with Gasteiger partial charge in [-0.2, -0.15) is 5.10 Å². The summed E-state index contributed by atoms with van der Waals surface area (Å²) in [5, 5.41) is 7.16. The molecule has 9 heteroatoms. The van der Waals surface area contributed by atoms with Gasteiger partial charge in [0, 0.05) is 24.3 Å². The molecule has 0 saturated heterocycles. The van der Waals surface area contributed by atoms with Crippen LogP contribution in [0.4, 0.5) is 10.1 Å². The van der Waals surface area contributed by atoms with Crippen LogP contribution in [0.3, 0.4) is 0 Å². The Balaban J connectivity index is 1.58. The summed E-state index contributed by atoms with van der Waals surface area (Å²) in [6.07, 6.45) is -0.0510. The van der Waals surface area contributed by atoms with Crippen LogP contribution in [0.5, 0.6) is 0 Å². The maximum Gasteiger partial charge on any atom is 0.240 e. The summed E-state index contributed by atoms with van der Waals surface area (Å²) in [6, 6.07) is 13.7. The van der Waals surface area contributed by atoms with Gasteiger partial charge in [-0.3, -0.25) is 4.79 Å². The molecule has 0 atom stereocenters. The monoisotopic (exact) mass is 416 g/mol. The first-order valence-corrected chi connectivity index (χ1v) is 10.4. The van der Waals surface area contributed by atoms with Crippen LogP contribution >= 0.6 is 0 Å². The summed E-state index contributed by atoms with van der Waals surface area (Å²) in [5.74, 6) is -0.858. The number of sulfonamides is 1. The second-order valence-corrected chi connectivity index (χ2v) is 8.31. The number of carbonyl (C=O) groups excluding carboxylic acids is 1. The number of hydrogen-bond donors (Lipinski definition) is 2. The van der Waals surface area contributed by atoms with Gasteiger partial charge < -0.3 is 5.32 Å². The fraction of sp³-hybridized carbons (Fsp3) is 0.200. The number of aryl methyl sites for hydroxylation is 2. The Morgan fingerprint density at radius 1 is 1.10 bits per heavy atom. The van der Waals surface area contributed by atoms with E-state index in [1.807, 2.05) is 26.0 Å². The Bertz CT molecular complexity index is 1120. The molecule has 1 amide bonds. The summed E-state index contributed by atoms with van der Waals surface area (Å²) in [4.78, 5) is 12.1. The van der Waals surface area contributed by atoms with Gasteiger partial charge in [0.1, 0.15) is 5.82 Å². The second kappa shape index (κ2) is 8.54. The highest BCUT2D eigenvalue weighted by Crippen LogP contribution is 2.17. The fourth-order valence-electron chi connectivity index (χ4n) is 2.83. The molecule has 152 valence electrons. The van der Waals surface area contributed by atoms with E-state index in [1.54, 1.807) is 22.9 Å². The van der Waals surface area contributed by atoms with Crippen molar-refractivity contribution < 1.29 is 17.6 Å². The lowest BCUT2D eigenvalue weighted by molar-refractivity contribution is -0.116. The third-order valence-corrected chi connectivity index (χ3v) is 5.63. The van der Waals surface area contributed by atoms with Crippen LogP contribution in [0, 0.1) is 19.7 Å². The molecule has 0 aliphatic carbocycles. The van der Waals surface area contributed by atoms with Gasteiger partial charge in [0.15, 0.2) is 0 Å². The van der Waals surface area contributed by atoms with E-state index in [9.17, 15) is 17.6 Å². The zero-order valence-electron chi connectivity index (χ0n) is 16.0. The molecule has 0 aliphatic heterocycles. The van der Waals surface area contributed by atoms with E-state index in [2.05, 4.69) is 15.1 Å². The van der Waals surface area contributed by atoms with Crippen LogP contribution < -0.4 is 10.0 Å². The number of hydrogen-bond acceptors (Lipinski definition) is 4. The zero-order chi connectivity index (χ0) is 21.0. The molecular formula is C20H21FN4O3S. The van der Waals surface area contributed by atoms with Crippen molar-refractivity contribution >= 4 is 21.6 Å². The maximum atomic E-state index is 12.9. The normalized spacial score (nSPS) is 11.4. The molecule has 1 heterocycles. The quantitative estimate of drug-likeness (QED) is 0.619. The van der Waals surface area contributed by atoms with Crippen molar-refractivity contribution in [1.82, 2.24) is 14.5 Å². The van der Waals surface area contributed by atoms with Crippen molar-refractivity contribution in [3.63, 3.8) is 0 Å². The second-order valence-electron chi connectivity index (χ2n) is 6.54. The lowest BCUT2D eigenvalue weighted by Gasteiger charge is -2.10. The fourth-order valence-corrected chi connectivity index (χ4v) is 3.86. The standard InChI is InChI=1S/C20H21FN4O3S/c1-14-12-15(2)25(24-14)18-5-3-4-17(13-18)23-20(26)10-11-22-29(27,28)19-8-6-16(21)7-9-19/h3-9,12-13,22H,10-11H2,1-2H3,(H,23,26). The number of benzene rings is 2. The molecule has 0 aliphatic rings. The molecule has 7 nitrogen and oxygen atoms in total. The van der Waals surface area contributed by atoms with Gasteiger partial charge in [0.05, 0.1) is 16.3 Å². The van der Waals surface area contributed by atoms with Gasteiger partial charge in [0.25, 0.3) is 0 Å². The summed E-state index contributed by atoms with van der Waals surface area (Å²) in [6.45, 7) is 3.77. The Kier molecular flexibility index (Phi) is 6.09. The predicted octanol–water partition coefficient (Wildman–Crippen LogP) is 2.94. The van der Waals surface area contributed by atoms with Crippen molar-refractivity contribution in [3.05, 3.63) is 71.8 Å². The molecule has 0 fully saturated rings. The number of nitrogens with zero attached hydrogens (tertiary/aromatic N) is 2. The van der Waals surface area contributed by atoms with E-state index >= 15 is 0 Å². The van der Waals surface area contributed by atoms with Crippen LogP contribution in [-0.4, -0.2) is 30.7 Å². The van der Waals surface area contributed by atoms with Gasteiger partial charge in [-0.05, 0) is 62.4 Å². The molecule has 0 radical (unpaired) electrons. The SMILES string of the molecule is Cc1cc(C)n(-c2cccc(NC(=O)CCNS(=O)(=O)c3ccc(F)cc3)c2)n1. The molecule has 0 unspecified atom stereocenters. The van der Waals surface area contributed by atoms with E-state index in [0.717, 1.165) is 29.2 Å². The minimum atomic E-state index is -3.80. The largest absolute Gasteiger partial charge is 0.326 e. The molecule has 2 N–H and O–H groups in total. The average Bonchev–Trinajstić information content (AvgIpc) is 3.00. The summed E-state index contributed by atoms with van der Waals surface area (Å²) in [5.41, 5.74) is 3.26. The van der Waals surface area contributed by atoms with Crippen LogP contribution in [0.1, 0.15) is 17.8 Å². The summed E-state index contributed by atoms with van der Waals surface area (Å²) >= 11 is 0. The molecule has 0 spiro atoms. The molecule has 3 aromatic rings. The highest BCUT2D eigenvalue weighted by Gasteiger charge is 2.14. The van der Waals surface area contributed by atoms with Crippen molar-refractivity contribution in [2.75, 3.05) is 11.9 Å². The van der Waals surface area contributed by atoms with E-state index in [0.29, 0.717) is 5.69 Å². The van der Waals surface area contributed by atoms with Crippen molar-refractivity contribution in [3.8, 4) is 5.69 Å². The molecule has 2 aromatic carbocycles. The van der Waals surface area contributed by atoms with E-state index in [-0.39, 0.29) is 23.8 Å². The number of aromatic nitrogens is 2. The van der Waals surface area contributed by atoms with E-state index in [4.69, 9.17) is 0 Å². The lowest BCUT2D eigenvalue weighted by atomic mass is 10.2. The Hall–Kier alpha value is -3.04. The predicted molar refractivity (Wildman–Crippen MR) is 108 cm³/mol. The molecular weight excluding hydrogens is 395 g/mol. The molecule has 0 bridgehead atoms. The highest BCUT2D eigenvalue weighted by atomic mass is 32.2. The van der Waals surface area contributed by atoms with Crippen molar-refractivity contribution in [2.24, 2.45) is 0 Å². The first-order valence-electron chi connectivity index (χ1n) is 8.93. The minimum Gasteiger partial charge on any atom is -0.326 e. The number of nitrogens with one attached hydrogen (secondary N) is 2. The van der Waals surface area contributed by atoms with Gasteiger partial charge in [-0.25, -0.2) is 22.2 Å². The average molecular weight is 416 g/mol. The Morgan fingerprint density at radius 3 is 2.48 bits per heavy atom. The first-order chi connectivity index (χ1) is 13.7. The summed E-state index contributed by atoms with van der Waals surface area (Å²) in [7, 11) is -3.80. The van der Waals surface area contributed by atoms with Crippen LogP contribution in [-0.2, 0) is 14.8 Å². The zero-order valence-corrected chi connectivity index (χ0v) is 16.8. The Morgan fingerprint density at radius 2 is 1.83 bits per heavy atom. The maximum absolute atomic E-state index is 12.9. The molecule has 0 saturated carbocycles. The lowest BCUT2D eigenvalue weighted by Crippen LogP contribution is -2.27. The molecule has 29 heavy (non-hydrogen) atoms. The Labute approximate surface area is 168 Å². The topological polar surface area (TPSA) is 93.1 Å². The third kappa shape index (κ3) is 5.27. The van der Waals surface area contributed by atoms with Gasteiger partial charge in [-0.15, -0.1) is 0 Å². The van der Waals surface area contributed by atoms with Crippen molar-refractivity contribution in [1.29, 1.82) is 0 Å². The van der Waals surface area contributed by atoms with Crippen LogP contribution in [0.25, 0.3) is 5.69 Å². The van der Waals surface area contributed by atoms with E-state index < -0.39 is 15.8 Å². The van der Waals surface area contributed by atoms with E-state index in [1.165, 1.54) is 12.1 Å². The van der Waals surface area contributed by atoms with Gasteiger partial charge >= 0.3 is 0 Å². The molecule has 3 rings (SSSR count). The van der Waals surface area contributed by atoms with Gasteiger partial charge in [0.2, 0.25) is 15.9 Å². The van der Waals surface area contributed by atoms with Gasteiger partial charge in [-0.1, -0.05) is 6.07 Å². The number of rotatable bonds is 7. The number of halogens is 1. The highest BCUT2D eigenvalue weighted by molar-refractivity contribution is 7.89. The van der Waals surface area contributed by atoms with Crippen LogP contribution in [0.15, 0.2) is 59.5 Å². The van der Waals surface area contributed by atoms with Crippen LogP contribution in [0.2, 0.25) is 0 Å². The molecule has 1 aromatic heterocycles. The number of amides is 1. The number of carbonyl (C=O) groups is 1. The third-order valence-electron chi connectivity index (χ3n) is 4.15. The summed E-state index contributed by atoms with van der Waals surface area (Å²) < 4.78 is 41.3.